The van der Waals surface area contributed by atoms with Gasteiger partial charge in [-0.05, 0) is 20.3 Å². The Morgan fingerprint density at radius 2 is 2.33 bits per heavy atom. The minimum atomic E-state index is 0.231. The highest BCUT2D eigenvalue weighted by Gasteiger charge is 2.17. The van der Waals surface area contributed by atoms with Crippen LogP contribution in [-0.4, -0.2) is 36.7 Å². The van der Waals surface area contributed by atoms with Crippen LogP contribution in [0.2, 0.25) is 0 Å². The van der Waals surface area contributed by atoms with Crippen LogP contribution in [0.4, 0.5) is 0 Å². The molecule has 12 heavy (non-hydrogen) atoms. The summed E-state index contributed by atoms with van der Waals surface area (Å²) in [4.78, 5) is 2.44. The number of ether oxygens (including phenoxy) is 1. The van der Waals surface area contributed by atoms with Gasteiger partial charge in [-0.1, -0.05) is 6.08 Å². The highest BCUT2D eigenvalue weighted by atomic mass is 16.5. The summed E-state index contributed by atoms with van der Waals surface area (Å²) in [5.41, 5.74) is 0. The van der Waals surface area contributed by atoms with Crippen molar-refractivity contribution < 1.29 is 4.74 Å². The first-order chi connectivity index (χ1) is 5.74. The molecule has 1 aliphatic rings. The Hall–Kier alpha value is -0.340. The lowest BCUT2D eigenvalue weighted by Crippen LogP contribution is -2.36. The van der Waals surface area contributed by atoms with Crippen LogP contribution in [0.1, 0.15) is 20.3 Å². The van der Waals surface area contributed by atoms with Gasteiger partial charge in [0.05, 0.1) is 6.10 Å². The predicted octanol–water partition coefficient (Wildman–Crippen LogP) is 1.67. The van der Waals surface area contributed by atoms with E-state index < -0.39 is 0 Å². The second kappa shape index (κ2) is 4.63. The second-order valence-corrected chi connectivity index (χ2v) is 3.59. The molecule has 1 saturated heterocycles. The molecule has 0 spiro atoms. The van der Waals surface area contributed by atoms with Gasteiger partial charge in [0.2, 0.25) is 0 Å². The summed E-state index contributed by atoms with van der Waals surface area (Å²) in [7, 11) is 0. The molecule has 0 aromatic heterocycles. The van der Waals surface area contributed by atoms with Crippen LogP contribution in [0.3, 0.4) is 0 Å². The zero-order chi connectivity index (χ0) is 8.97. The minimum Gasteiger partial charge on any atom is -0.373 e. The molecule has 1 fully saturated rings. The van der Waals surface area contributed by atoms with Crippen molar-refractivity contribution in [2.75, 3.05) is 19.7 Å². The van der Waals surface area contributed by atoms with Gasteiger partial charge < -0.3 is 4.74 Å². The zero-order valence-electron chi connectivity index (χ0n) is 8.12. The summed E-state index contributed by atoms with van der Waals surface area (Å²) >= 11 is 0. The van der Waals surface area contributed by atoms with Gasteiger partial charge in [-0.25, -0.2) is 0 Å². The van der Waals surface area contributed by atoms with Crippen LogP contribution in [-0.2, 0) is 4.74 Å². The Balaban J connectivity index is 2.47. The summed E-state index contributed by atoms with van der Waals surface area (Å²) in [6.45, 7) is 11.3. The predicted molar refractivity (Wildman–Crippen MR) is 51.3 cm³/mol. The molecule has 0 saturated carbocycles. The Bertz CT molecular complexity index is 145. The molecule has 0 amide bonds. The number of rotatable bonds is 2. The van der Waals surface area contributed by atoms with E-state index in [0.29, 0.717) is 6.04 Å². The first-order valence-corrected chi connectivity index (χ1v) is 4.72. The molecule has 0 bridgehead atoms. The number of nitrogens with zero attached hydrogens (tertiary/aromatic N) is 1. The molecule has 0 aromatic carbocycles. The van der Waals surface area contributed by atoms with Crippen molar-refractivity contribution in [2.45, 2.75) is 32.4 Å². The maximum Gasteiger partial charge on any atom is 0.0880 e. The molecule has 0 aliphatic carbocycles. The Kier molecular flexibility index (Phi) is 3.76. The van der Waals surface area contributed by atoms with E-state index in [1.807, 2.05) is 6.08 Å². The largest absolute Gasteiger partial charge is 0.373 e. The van der Waals surface area contributed by atoms with E-state index in [2.05, 4.69) is 25.3 Å². The summed E-state index contributed by atoms with van der Waals surface area (Å²) in [6.07, 6.45) is 3.28. The monoisotopic (exact) mass is 169 g/mol. The van der Waals surface area contributed by atoms with Crippen LogP contribution in [0.5, 0.6) is 0 Å². The third-order valence-electron chi connectivity index (χ3n) is 2.33. The average Bonchev–Trinajstić information content (AvgIpc) is 2.28. The lowest BCUT2D eigenvalue weighted by molar-refractivity contribution is 0.0829. The normalized spacial score (nSPS) is 27.1. The SMILES string of the molecule is C=CC1CN(C(C)C)CCCO1. The first-order valence-electron chi connectivity index (χ1n) is 4.72. The van der Waals surface area contributed by atoms with Crippen molar-refractivity contribution in [3.63, 3.8) is 0 Å². The highest BCUT2D eigenvalue weighted by Crippen LogP contribution is 2.09. The maximum absolute atomic E-state index is 5.57. The molecule has 1 unspecified atom stereocenters. The zero-order valence-corrected chi connectivity index (χ0v) is 8.12. The Morgan fingerprint density at radius 3 is 2.92 bits per heavy atom. The maximum atomic E-state index is 5.57. The topological polar surface area (TPSA) is 12.5 Å². The van der Waals surface area contributed by atoms with Crippen LogP contribution >= 0.6 is 0 Å². The van der Waals surface area contributed by atoms with Gasteiger partial charge in [-0.2, -0.15) is 0 Å². The third kappa shape index (κ3) is 2.61. The van der Waals surface area contributed by atoms with Crippen molar-refractivity contribution in [1.82, 2.24) is 4.90 Å². The summed E-state index contributed by atoms with van der Waals surface area (Å²) in [6, 6.07) is 0.620. The van der Waals surface area contributed by atoms with Crippen LogP contribution < -0.4 is 0 Å². The molecular formula is C10H19NO. The van der Waals surface area contributed by atoms with Gasteiger partial charge >= 0.3 is 0 Å². The van der Waals surface area contributed by atoms with Crippen LogP contribution in [0, 0.1) is 0 Å². The van der Waals surface area contributed by atoms with Gasteiger partial charge in [0.25, 0.3) is 0 Å². The lowest BCUT2D eigenvalue weighted by Gasteiger charge is -2.25. The van der Waals surface area contributed by atoms with Gasteiger partial charge in [0.15, 0.2) is 0 Å². The van der Waals surface area contributed by atoms with Crippen molar-refractivity contribution in [3.05, 3.63) is 12.7 Å². The van der Waals surface area contributed by atoms with Crippen LogP contribution in [0.25, 0.3) is 0 Å². The van der Waals surface area contributed by atoms with Gasteiger partial charge in [-0.3, -0.25) is 4.90 Å². The van der Waals surface area contributed by atoms with Crippen LogP contribution in [0.15, 0.2) is 12.7 Å². The molecule has 1 heterocycles. The van der Waals surface area contributed by atoms with E-state index in [9.17, 15) is 0 Å². The van der Waals surface area contributed by atoms with Crippen molar-refractivity contribution in [1.29, 1.82) is 0 Å². The van der Waals surface area contributed by atoms with E-state index in [4.69, 9.17) is 4.74 Å². The minimum absolute atomic E-state index is 0.231. The molecule has 0 N–H and O–H groups in total. The molecular weight excluding hydrogens is 150 g/mol. The van der Waals surface area contributed by atoms with E-state index in [-0.39, 0.29) is 6.10 Å². The highest BCUT2D eigenvalue weighted by molar-refractivity contribution is 4.85. The van der Waals surface area contributed by atoms with E-state index in [0.717, 1.165) is 26.1 Å². The quantitative estimate of drug-likeness (QED) is 0.583. The van der Waals surface area contributed by atoms with E-state index >= 15 is 0 Å². The summed E-state index contributed by atoms with van der Waals surface area (Å²) < 4.78 is 5.57. The van der Waals surface area contributed by atoms with Gasteiger partial charge in [0.1, 0.15) is 0 Å². The smallest absolute Gasteiger partial charge is 0.0880 e. The Labute approximate surface area is 75.2 Å². The molecule has 1 aliphatic heterocycles. The van der Waals surface area contributed by atoms with E-state index in [1.54, 1.807) is 0 Å². The fraction of sp³-hybridized carbons (Fsp3) is 0.800. The number of hydrogen-bond donors (Lipinski definition) is 0. The lowest BCUT2D eigenvalue weighted by atomic mass is 10.2. The molecule has 2 heteroatoms. The first kappa shape index (κ1) is 9.75. The average molecular weight is 169 g/mol. The second-order valence-electron chi connectivity index (χ2n) is 3.59. The molecule has 0 radical (unpaired) electrons. The summed E-state index contributed by atoms with van der Waals surface area (Å²) in [5.74, 6) is 0. The van der Waals surface area contributed by atoms with E-state index in [1.165, 1.54) is 0 Å². The van der Waals surface area contributed by atoms with Crippen molar-refractivity contribution in [2.24, 2.45) is 0 Å². The van der Waals surface area contributed by atoms with Gasteiger partial charge in [0, 0.05) is 25.7 Å². The number of hydrogen-bond acceptors (Lipinski definition) is 2. The third-order valence-corrected chi connectivity index (χ3v) is 2.33. The Morgan fingerprint density at radius 1 is 1.58 bits per heavy atom. The fourth-order valence-corrected chi connectivity index (χ4v) is 1.49. The van der Waals surface area contributed by atoms with Crippen molar-refractivity contribution in [3.8, 4) is 0 Å². The molecule has 70 valence electrons. The summed E-state index contributed by atoms with van der Waals surface area (Å²) in [5, 5.41) is 0. The molecule has 2 nitrogen and oxygen atoms in total. The molecule has 1 atom stereocenters. The standard InChI is InChI=1S/C10H19NO/c1-4-10-8-11(9(2)3)6-5-7-12-10/h4,9-10H,1,5-8H2,2-3H3. The molecule has 1 rings (SSSR count). The fourth-order valence-electron chi connectivity index (χ4n) is 1.49. The van der Waals surface area contributed by atoms with Crippen molar-refractivity contribution >= 4 is 0 Å². The molecule has 0 aromatic rings. The van der Waals surface area contributed by atoms with Gasteiger partial charge in [-0.15, -0.1) is 6.58 Å².